The highest BCUT2D eigenvalue weighted by atomic mass is 127. The quantitative estimate of drug-likeness (QED) is 0.841. The van der Waals surface area contributed by atoms with Crippen molar-refractivity contribution in [1.29, 1.82) is 0 Å². The zero-order valence-electron chi connectivity index (χ0n) is 9.51. The molecule has 0 unspecified atom stereocenters. The molecule has 0 aliphatic heterocycles. The molecule has 0 saturated carbocycles. The summed E-state index contributed by atoms with van der Waals surface area (Å²) in [7, 11) is -3.66. The molecule has 3 nitrogen and oxygen atoms in total. The predicted octanol–water partition coefficient (Wildman–Crippen LogP) is 2.53. The van der Waals surface area contributed by atoms with E-state index >= 15 is 0 Å². The molecule has 2 rings (SSSR count). The molecule has 0 bridgehead atoms. The van der Waals surface area contributed by atoms with E-state index in [4.69, 9.17) is 5.14 Å². The average Bonchev–Trinajstić information content (AvgIpc) is 2.32. The van der Waals surface area contributed by atoms with Crippen LogP contribution in [-0.2, 0) is 16.4 Å². The minimum atomic E-state index is -3.66. The van der Waals surface area contributed by atoms with E-state index in [1.54, 1.807) is 6.07 Å². The Morgan fingerprint density at radius 3 is 2.28 bits per heavy atom. The van der Waals surface area contributed by atoms with Gasteiger partial charge in [0.2, 0.25) is 10.0 Å². The predicted molar refractivity (Wildman–Crippen MR) is 79.8 cm³/mol. The minimum absolute atomic E-state index is 0.191. The van der Waals surface area contributed by atoms with Crippen LogP contribution in [0.25, 0.3) is 0 Å². The second kappa shape index (κ2) is 5.38. The lowest BCUT2D eigenvalue weighted by Crippen LogP contribution is -2.14. The van der Waals surface area contributed by atoms with E-state index in [-0.39, 0.29) is 4.90 Å². The summed E-state index contributed by atoms with van der Waals surface area (Å²) in [5, 5.41) is 5.19. The zero-order valence-corrected chi connectivity index (χ0v) is 12.5. The van der Waals surface area contributed by atoms with Gasteiger partial charge in [-0.25, -0.2) is 13.6 Å². The molecule has 0 aliphatic carbocycles. The maximum absolute atomic E-state index is 11.4. The van der Waals surface area contributed by atoms with Crippen LogP contribution in [0.15, 0.2) is 53.4 Å². The molecule has 94 valence electrons. The number of primary sulfonamides is 1. The topological polar surface area (TPSA) is 60.2 Å². The van der Waals surface area contributed by atoms with Gasteiger partial charge in [0.15, 0.2) is 0 Å². The Balaban J connectivity index is 2.42. The maximum Gasteiger partial charge on any atom is 0.239 e. The Morgan fingerprint density at radius 1 is 1.00 bits per heavy atom. The number of benzene rings is 2. The van der Waals surface area contributed by atoms with E-state index in [2.05, 4.69) is 0 Å². The summed E-state index contributed by atoms with van der Waals surface area (Å²) >= 11 is 2.03. The van der Waals surface area contributed by atoms with Crippen LogP contribution in [0.3, 0.4) is 0 Å². The van der Waals surface area contributed by atoms with Crippen molar-refractivity contribution in [3.05, 3.63) is 63.2 Å². The Hall–Kier alpha value is -0.920. The average molecular weight is 373 g/mol. The zero-order chi connectivity index (χ0) is 13.2. The second-order valence-corrected chi connectivity index (χ2v) is 6.55. The first kappa shape index (κ1) is 13.5. The first-order chi connectivity index (χ1) is 8.48. The van der Waals surface area contributed by atoms with Gasteiger partial charge in [-0.15, -0.1) is 0 Å². The lowest BCUT2D eigenvalue weighted by atomic mass is 10.1. The second-order valence-electron chi connectivity index (χ2n) is 3.94. The summed E-state index contributed by atoms with van der Waals surface area (Å²) < 4.78 is 23.6. The summed E-state index contributed by atoms with van der Waals surface area (Å²) in [6.07, 6.45) is 0.697. The van der Waals surface area contributed by atoms with Crippen molar-refractivity contribution in [3.63, 3.8) is 0 Å². The fourth-order valence-corrected chi connectivity index (χ4v) is 3.85. The highest BCUT2D eigenvalue weighted by Crippen LogP contribution is 2.23. The van der Waals surface area contributed by atoms with E-state index < -0.39 is 10.0 Å². The number of sulfonamides is 1. The number of hydrogen-bond acceptors (Lipinski definition) is 2. The van der Waals surface area contributed by atoms with Crippen LogP contribution < -0.4 is 5.14 Å². The molecule has 2 N–H and O–H groups in total. The van der Waals surface area contributed by atoms with Crippen molar-refractivity contribution in [2.75, 3.05) is 0 Å². The molecule has 0 fully saturated rings. The molecular formula is C13H12INO2S. The summed E-state index contributed by atoms with van der Waals surface area (Å²) in [4.78, 5) is 0.191. The molecule has 18 heavy (non-hydrogen) atoms. The van der Waals surface area contributed by atoms with Crippen LogP contribution in [0.2, 0.25) is 0 Å². The normalized spacial score (nSPS) is 11.4. The Labute approximate surface area is 120 Å². The Bertz CT molecular complexity index is 654. The smallest absolute Gasteiger partial charge is 0.225 e. The SMILES string of the molecule is NS(=O)(=O)c1cccc(Cc2ccccc2)c1I. The summed E-state index contributed by atoms with van der Waals surface area (Å²) in [5.41, 5.74) is 2.11. The van der Waals surface area contributed by atoms with Gasteiger partial charge in [0.25, 0.3) is 0 Å². The molecule has 2 aromatic rings. The molecular weight excluding hydrogens is 361 g/mol. The van der Waals surface area contributed by atoms with E-state index in [0.717, 1.165) is 11.1 Å². The number of nitrogens with two attached hydrogens (primary N) is 1. The van der Waals surface area contributed by atoms with Crippen molar-refractivity contribution >= 4 is 32.6 Å². The van der Waals surface area contributed by atoms with E-state index in [1.807, 2.05) is 59.0 Å². The highest BCUT2D eigenvalue weighted by molar-refractivity contribution is 14.1. The van der Waals surface area contributed by atoms with E-state index in [9.17, 15) is 8.42 Å². The van der Waals surface area contributed by atoms with Crippen molar-refractivity contribution in [3.8, 4) is 0 Å². The number of rotatable bonds is 3. The lowest BCUT2D eigenvalue weighted by Gasteiger charge is -2.08. The van der Waals surface area contributed by atoms with Crippen LogP contribution in [-0.4, -0.2) is 8.42 Å². The van der Waals surface area contributed by atoms with Gasteiger partial charge in [-0.2, -0.15) is 0 Å². The first-order valence-electron chi connectivity index (χ1n) is 5.32. The largest absolute Gasteiger partial charge is 0.239 e. The third-order valence-corrected chi connectivity index (χ3v) is 5.18. The highest BCUT2D eigenvalue weighted by Gasteiger charge is 2.14. The fraction of sp³-hybridized carbons (Fsp3) is 0.0769. The van der Waals surface area contributed by atoms with E-state index in [0.29, 0.717) is 9.99 Å². The standard InChI is InChI=1S/C13H12INO2S/c14-13-11(9-10-5-2-1-3-6-10)7-4-8-12(13)18(15,16)17/h1-8H,9H2,(H2,15,16,17). The van der Waals surface area contributed by atoms with Crippen LogP contribution in [0.1, 0.15) is 11.1 Å². The van der Waals surface area contributed by atoms with Crippen molar-refractivity contribution in [1.82, 2.24) is 0 Å². The van der Waals surface area contributed by atoms with Crippen LogP contribution in [0.4, 0.5) is 0 Å². The molecule has 0 spiro atoms. The van der Waals surface area contributed by atoms with Crippen LogP contribution in [0.5, 0.6) is 0 Å². The van der Waals surface area contributed by atoms with Gasteiger partial charge >= 0.3 is 0 Å². The molecule has 0 radical (unpaired) electrons. The summed E-state index contributed by atoms with van der Waals surface area (Å²) in [5.74, 6) is 0. The molecule has 0 aromatic heterocycles. The first-order valence-corrected chi connectivity index (χ1v) is 7.95. The third-order valence-electron chi connectivity index (χ3n) is 2.59. The third kappa shape index (κ3) is 3.09. The fourth-order valence-electron chi connectivity index (χ4n) is 1.73. The van der Waals surface area contributed by atoms with E-state index in [1.165, 1.54) is 6.07 Å². The maximum atomic E-state index is 11.4. The molecule has 0 amide bonds. The van der Waals surface area contributed by atoms with Gasteiger partial charge in [-0.3, -0.25) is 0 Å². The molecule has 2 aromatic carbocycles. The summed E-state index contributed by atoms with van der Waals surface area (Å²) in [6.45, 7) is 0. The van der Waals surface area contributed by atoms with Gasteiger partial charge in [0.1, 0.15) is 0 Å². The van der Waals surface area contributed by atoms with Crippen LogP contribution in [0, 0.1) is 3.57 Å². The molecule has 0 heterocycles. The number of halogens is 1. The van der Waals surface area contributed by atoms with Gasteiger partial charge in [0, 0.05) is 3.57 Å². The van der Waals surface area contributed by atoms with Gasteiger partial charge in [0.05, 0.1) is 4.90 Å². The molecule has 0 atom stereocenters. The minimum Gasteiger partial charge on any atom is -0.225 e. The Kier molecular flexibility index (Phi) is 4.04. The summed E-state index contributed by atoms with van der Waals surface area (Å²) in [6, 6.07) is 15.1. The van der Waals surface area contributed by atoms with Gasteiger partial charge in [-0.1, -0.05) is 42.5 Å². The monoisotopic (exact) mass is 373 g/mol. The molecule has 5 heteroatoms. The lowest BCUT2D eigenvalue weighted by molar-refractivity contribution is 0.597. The molecule has 0 aliphatic rings. The van der Waals surface area contributed by atoms with Gasteiger partial charge in [-0.05, 0) is 46.2 Å². The van der Waals surface area contributed by atoms with Gasteiger partial charge < -0.3 is 0 Å². The van der Waals surface area contributed by atoms with Crippen molar-refractivity contribution < 1.29 is 8.42 Å². The Morgan fingerprint density at radius 2 is 1.67 bits per heavy atom. The van der Waals surface area contributed by atoms with Crippen molar-refractivity contribution in [2.24, 2.45) is 5.14 Å². The number of hydrogen-bond donors (Lipinski definition) is 1. The van der Waals surface area contributed by atoms with Crippen LogP contribution >= 0.6 is 22.6 Å². The van der Waals surface area contributed by atoms with Crippen molar-refractivity contribution in [2.45, 2.75) is 11.3 Å². The molecule has 0 saturated heterocycles.